The molecule has 2 fully saturated rings. The third-order valence-electron chi connectivity index (χ3n) is 5.41. The van der Waals surface area contributed by atoms with Crippen LogP contribution in [0.5, 0.6) is 0 Å². The van der Waals surface area contributed by atoms with Crippen molar-refractivity contribution in [2.75, 3.05) is 33.2 Å². The van der Waals surface area contributed by atoms with Gasteiger partial charge in [-0.3, -0.25) is 0 Å². The second kappa shape index (κ2) is 6.47. The van der Waals surface area contributed by atoms with E-state index in [9.17, 15) is 5.11 Å². The Labute approximate surface area is 128 Å². The maximum Gasteiger partial charge on any atom is 0.0919 e. The number of hydrogen-bond donors (Lipinski definition) is 1. The van der Waals surface area contributed by atoms with Gasteiger partial charge in [-0.1, -0.05) is 24.3 Å². The minimum atomic E-state index is -0.357. The van der Waals surface area contributed by atoms with Crippen molar-refractivity contribution < 1.29 is 5.11 Å². The van der Waals surface area contributed by atoms with E-state index in [4.69, 9.17) is 0 Å². The first-order valence-corrected chi connectivity index (χ1v) is 8.31. The molecule has 2 saturated heterocycles. The van der Waals surface area contributed by atoms with Crippen LogP contribution in [0, 0.1) is 12.8 Å². The molecule has 0 aliphatic carbocycles. The van der Waals surface area contributed by atoms with Gasteiger partial charge in [0.05, 0.1) is 6.10 Å². The molecule has 0 radical (unpaired) electrons. The second-order valence-corrected chi connectivity index (χ2v) is 6.87. The van der Waals surface area contributed by atoms with Crippen LogP contribution in [-0.4, -0.2) is 54.2 Å². The molecule has 3 nitrogen and oxygen atoms in total. The molecule has 0 bridgehead atoms. The molecule has 1 N–H and O–H groups in total. The molecule has 2 aliphatic rings. The van der Waals surface area contributed by atoms with E-state index in [0.717, 1.165) is 37.2 Å². The molecular formula is C18H28N2O. The van der Waals surface area contributed by atoms with Crippen LogP contribution < -0.4 is 0 Å². The van der Waals surface area contributed by atoms with E-state index >= 15 is 0 Å². The van der Waals surface area contributed by atoms with Crippen molar-refractivity contribution in [1.82, 2.24) is 9.80 Å². The molecule has 0 saturated carbocycles. The highest BCUT2D eigenvalue weighted by Crippen LogP contribution is 2.30. The molecule has 0 aromatic heterocycles. The first-order valence-electron chi connectivity index (χ1n) is 8.31. The molecule has 2 aliphatic heterocycles. The van der Waals surface area contributed by atoms with Crippen molar-refractivity contribution in [3.05, 3.63) is 35.4 Å². The summed E-state index contributed by atoms with van der Waals surface area (Å²) in [6.45, 7) is 6.39. The van der Waals surface area contributed by atoms with Crippen LogP contribution in [0.1, 0.15) is 36.5 Å². The summed E-state index contributed by atoms with van der Waals surface area (Å²) in [6, 6.07) is 8.97. The Morgan fingerprint density at radius 3 is 2.86 bits per heavy atom. The van der Waals surface area contributed by atoms with Gasteiger partial charge in [-0.05, 0) is 63.4 Å². The Morgan fingerprint density at radius 2 is 2.05 bits per heavy atom. The highest BCUT2D eigenvalue weighted by atomic mass is 16.3. The minimum absolute atomic E-state index is 0.357. The predicted molar refractivity (Wildman–Crippen MR) is 86.3 cm³/mol. The number of β-amino-alcohol motifs (C(OH)–C–C–N with tert-alkyl or cyclic N) is 1. The normalized spacial score (nSPS) is 29.1. The lowest BCUT2D eigenvalue weighted by Gasteiger charge is -2.46. The summed E-state index contributed by atoms with van der Waals surface area (Å²) in [4.78, 5) is 5.01. The Hall–Kier alpha value is -0.900. The molecule has 0 spiro atoms. The van der Waals surface area contributed by atoms with Crippen molar-refractivity contribution in [2.24, 2.45) is 5.92 Å². The van der Waals surface area contributed by atoms with E-state index in [2.05, 4.69) is 35.9 Å². The average Bonchev–Trinajstić information content (AvgIpc) is 2.48. The number of fused-ring (bicyclic) bond motifs is 1. The highest BCUT2D eigenvalue weighted by Gasteiger charge is 2.34. The lowest BCUT2D eigenvalue weighted by Crippen LogP contribution is -2.53. The van der Waals surface area contributed by atoms with Gasteiger partial charge < -0.3 is 14.9 Å². The number of nitrogens with zero attached hydrogens (tertiary/aromatic N) is 2. The molecule has 3 atom stereocenters. The number of aliphatic hydroxyl groups excluding tert-OH is 1. The number of likely N-dealkylation sites (tertiary alicyclic amines) is 2. The van der Waals surface area contributed by atoms with Crippen molar-refractivity contribution in [2.45, 2.75) is 38.3 Å². The Bertz CT molecular complexity index is 476. The van der Waals surface area contributed by atoms with Crippen LogP contribution in [0.4, 0.5) is 0 Å². The smallest absolute Gasteiger partial charge is 0.0919 e. The summed E-state index contributed by atoms with van der Waals surface area (Å²) in [5.74, 6) is 0.793. The van der Waals surface area contributed by atoms with Crippen LogP contribution in [0.2, 0.25) is 0 Å². The van der Waals surface area contributed by atoms with E-state index < -0.39 is 0 Å². The maximum atomic E-state index is 10.5. The molecule has 3 rings (SSSR count). The number of hydrogen-bond acceptors (Lipinski definition) is 3. The molecule has 2 heterocycles. The Balaban J connectivity index is 1.60. The summed E-state index contributed by atoms with van der Waals surface area (Å²) in [7, 11) is 2.27. The fourth-order valence-electron chi connectivity index (χ4n) is 4.20. The number of aliphatic hydroxyl groups is 1. The van der Waals surface area contributed by atoms with Crippen molar-refractivity contribution in [3.8, 4) is 0 Å². The Kier molecular flexibility index (Phi) is 4.63. The van der Waals surface area contributed by atoms with Crippen molar-refractivity contribution in [3.63, 3.8) is 0 Å². The van der Waals surface area contributed by atoms with Gasteiger partial charge >= 0.3 is 0 Å². The molecule has 116 valence electrons. The van der Waals surface area contributed by atoms with Gasteiger partial charge in [0.1, 0.15) is 0 Å². The van der Waals surface area contributed by atoms with Gasteiger partial charge in [-0.2, -0.15) is 0 Å². The number of piperidine rings is 2. The SMILES string of the molecule is Cc1ccccc1C(O)CN1CCC2C(CCCN2C)C1. The van der Waals surface area contributed by atoms with Crippen LogP contribution >= 0.6 is 0 Å². The zero-order chi connectivity index (χ0) is 14.8. The zero-order valence-corrected chi connectivity index (χ0v) is 13.3. The van der Waals surface area contributed by atoms with Gasteiger partial charge in [0.25, 0.3) is 0 Å². The number of benzene rings is 1. The minimum Gasteiger partial charge on any atom is -0.387 e. The average molecular weight is 288 g/mol. The van der Waals surface area contributed by atoms with E-state index in [-0.39, 0.29) is 6.10 Å². The van der Waals surface area contributed by atoms with Crippen LogP contribution in [0.25, 0.3) is 0 Å². The standard InChI is InChI=1S/C18H28N2O/c1-14-6-3-4-8-16(14)18(21)13-20-11-9-17-15(12-20)7-5-10-19(17)2/h3-4,6,8,15,17-18,21H,5,7,9-13H2,1-2H3. The lowest BCUT2D eigenvalue weighted by atomic mass is 9.84. The van der Waals surface area contributed by atoms with Crippen LogP contribution in [0.3, 0.4) is 0 Å². The summed E-state index contributed by atoms with van der Waals surface area (Å²) >= 11 is 0. The molecule has 21 heavy (non-hydrogen) atoms. The number of aryl methyl sites for hydroxylation is 1. The molecule has 3 unspecified atom stereocenters. The first-order chi connectivity index (χ1) is 10.1. The van der Waals surface area contributed by atoms with Gasteiger partial charge in [0, 0.05) is 19.1 Å². The van der Waals surface area contributed by atoms with E-state index in [1.54, 1.807) is 0 Å². The predicted octanol–water partition coefficient (Wildman–Crippen LogP) is 2.44. The fourth-order valence-corrected chi connectivity index (χ4v) is 4.20. The van der Waals surface area contributed by atoms with E-state index in [1.807, 2.05) is 12.1 Å². The van der Waals surface area contributed by atoms with Gasteiger partial charge in [0.15, 0.2) is 0 Å². The summed E-state index contributed by atoms with van der Waals surface area (Å²) in [5.41, 5.74) is 2.28. The maximum absolute atomic E-state index is 10.5. The van der Waals surface area contributed by atoms with Crippen molar-refractivity contribution >= 4 is 0 Å². The lowest BCUT2D eigenvalue weighted by molar-refractivity contribution is 0.0173. The van der Waals surface area contributed by atoms with Gasteiger partial charge in [-0.25, -0.2) is 0 Å². The third kappa shape index (κ3) is 3.31. The van der Waals surface area contributed by atoms with E-state index in [1.165, 1.54) is 31.4 Å². The van der Waals surface area contributed by atoms with Crippen LogP contribution in [0.15, 0.2) is 24.3 Å². The summed E-state index contributed by atoms with van der Waals surface area (Å²) < 4.78 is 0. The highest BCUT2D eigenvalue weighted by molar-refractivity contribution is 5.27. The number of rotatable bonds is 3. The van der Waals surface area contributed by atoms with E-state index in [0.29, 0.717) is 0 Å². The van der Waals surface area contributed by atoms with Gasteiger partial charge in [0.2, 0.25) is 0 Å². The molecule has 1 aromatic carbocycles. The monoisotopic (exact) mass is 288 g/mol. The first kappa shape index (κ1) is 15.0. The third-order valence-corrected chi connectivity index (χ3v) is 5.41. The second-order valence-electron chi connectivity index (χ2n) is 6.87. The topological polar surface area (TPSA) is 26.7 Å². The van der Waals surface area contributed by atoms with Gasteiger partial charge in [-0.15, -0.1) is 0 Å². The molecule has 1 aromatic rings. The molecular weight excluding hydrogens is 260 g/mol. The largest absolute Gasteiger partial charge is 0.387 e. The summed E-state index contributed by atoms with van der Waals surface area (Å²) in [5, 5.41) is 10.5. The fraction of sp³-hybridized carbons (Fsp3) is 0.667. The van der Waals surface area contributed by atoms with Crippen LogP contribution in [-0.2, 0) is 0 Å². The van der Waals surface area contributed by atoms with Crippen molar-refractivity contribution in [1.29, 1.82) is 0 Å². The Morgan fingerprint density at radius 1 is 1.24 bits per heavy atom. The quantitative estimate of drug-likeness (QED) is 0.925. The molecule has 3 heteroatoms. The zero-order valence-electron chi connectivity index (χ0n) is 13.3. The summed E-state index contributed by atoms with van der Waals surface area (Å²) in [6.07, 6.45) is 3.57. The molecule has 0 amide bonds.